The standard InChI is InChI=1S/C32H34N4O3.ClH/c1-5-35(6-2)31(37)23-9-7-22(8-10-23)29-20-28-30(39-29)26(13-14-34-28)24-11-12-27(25(19-24)21-33)32(3,4)36-15-17-38-18-16-36;/h7-14,19-20H,5-6,15-18H2,1-4H3;1H. The quantitative estimate of drug-likeness (QED) is 0.257. The highest BCUT2D eigenvalue weighted by atomic mass is 35.5. The number of amides is 1. The molecule has 4 aromatic rings. The number of pyridine rings is 1. The summed E-state index contributed by atoms with van der Waals surface area (Å²) in [5.41, 5.74) is 6.07. The lowest BCUT2D eigenvalue weighted by molar-refractivity contribution is -0.0118. The van der Waals surface area contributed by atoms with Crippen LogP contribution in [0.2, 0.25) is 0 Å². The number of rotatable bonds is 7. The average Bonchev–Trinajstić information content (AvgIpc) is 3.42. The number of hydrogen-bond acceptors (Lipinski definition) is 6. The van der Waals surface area contributed by atoms with Gasteiger partial charge in [-0.2, -0.15) is 5.26 Å². The van der Waals surface area contributed by atoms with Crippen LogP contribution < -0.4 is 0 Å². The summed E-state index contributed by atoms with van der Waals surface area (Å²) in [7, 11) is 0. The maximum atomic E-state index is 12.7. The first kappa shape index (κ1) is 29.3. The molecule has 0 aliphatic carbocycles. The predicted octanol–water partition coefficient (Wildman–Crippen LogP) is 6.50. The third kappa shape index (κ3) is 5.48. The second-order valence-corrected chi connectivity index (χ2v) is 10.3. The number of halogens is 1. The first-order chi connectivity index (χ1) is 18.9. The minimum absolute atomic E-state index is 0. The van der Waals surface area contributed by atoms with Gasteiger partial charge >= 0.3 is 0 Å². The molecule has 2 aromatic heterocycles. The number of nitriles is 1. The molecule has 0 unspecified atom stereocenters. The van der Waals surface area contributed by atoms with Crippen LogP contribution in [0.15, 0.2) is 65.2 Å². The summed E-state index contributed by atoms with van der Waals surface area (Å²) in [6.45, 7) is 12.7. The van der Waals surface area contributed by atoms with Crippen molar-refractivity contribution in [1.82, 2.24) is 14.8 Å². The Hall–Kier alpha value is -3.70. The Morgan fingerprint density at radius 1 is 1.02 bits per heavy atom. The van der Waals surface area contributed by atoms with Crippen molar-refractivity contribution in [1.29, 1.82) is 5.26 Å². The molecule has 5 rings (SSSR count). The lowest BCUT2D eigenvalue weighted by Gasteiger charge is -2.41. The number of nitrogens with zero attached hydrogens (tertiary/aromatic N) is 4. The zero-order chi connectivity index (χ0) is 27.6. The molecule has 0 spiro atoms. The predicted molar refractivity (Wildman–Crippen MR) is 160 cm³/mol. The van der Waals surface area contributed by atoms with E-state index in [-0.39, 0.29) is 23.9 Å². The fraction of sp³-hybridized carbons (Fsp3) is 0.344. The summed E-state index contributed by atoms with van der Waals surface area (Å²) in [5, 5.41) is 10.1. The summed E-state index contributed by atoms with van der Waals surface area (Å²) in [4.78, 5) is 21.4. The third-order valence-electron chi connectivity index (χ3n) is 7.79. The van der Waals surface area contributed by atoms with E-state index < -0.39 is 0 Å². The molecule has 0 atom stereocenters. The Morgan fingerprint density at radius 3 is 2.35 bits per heavy atom. The number of hydrogen-bond donors (Lipinski definition) is 0. The van der Waals surface area contributed by atoms with E-state index in [1.165, 1.54) is 0 Å². The van der Waals surface area contributed by atoms with Gasteiger partial charge in [0.25, 0.3) is 5.91 Å². The van der Waals surface area contributed by atoms with Gasteiger partial charge in [-0.05, 0) is 63.1 Å². The normalized spacial score (nSPS) is 14.0. The minimum atomic E-state index is -0.294. The van der Waals surface area contributed by atoms with Gasteiger partial charge in [-0.25, -0.2) is 0 Å². The average molecular weight is 559 g/mol. The molecule has 0 bridgehead atoms. The van der Waals surface area contributed by atoms with E-state index in [0.717, 1.165) is 40.9 Å². The van der Waals surface area contributed by atoms with Crippen LogP contribution in [0.5, 0.6) is 0 Å². The van der Waals surface area contributed by atoms with E-state index in [0.29, 0.717) is 48.8 Å². The van der Waals surface area contributed by atoms with E-state index >= 15 is 0 Å². The van der Waals surface area contributed by atoms with Crippen molar-refractivity contribution in [2.45, 2.75) is 33.2 Å². The summed E-state index contributed by atoms with van der Waals surface area (Å²) in [5.74, 6) is 0.700. The van der Waals surface area contributed by atoms with Crippen LogP contribution in [0.4, 0.5) is 0 Å². The van der Waals surface area contributed by atoms with Gasteiger partial charge in [0.15, 0.2) is 5.58 Å². The number of furan rings is 1. The number of aromatic nitrogens is 1. The zero-order valence-electron chi connectivity index (χ0n) is 23.4. The second kappa shape index (κ2) is 12.2. The number of carbonyl (C=O) groups is 1. The molecular formula is C32H35ClN4O3. The van der Waals surface area contributed by atoms with Crippen LogP contribution in [0, 0.1) is 11.3 Å². The molecule has 0 saturated carbocycles. The molecule has 2 aromatic carbocycles. The summed E-state index contributed by atoms with van der Waals surface area (Å²) >= 11 is 0. The Balaban J connectivity index is 0.00000370. The summed E-state index contributed by atoms with van der Waals surface area (Å²) in [6.07, 6.45) is 1.76. The van der Waals surface area contributed by atoms with Gasteiger partial charge in [-0.15, -0.1) is 12.4 Å². The largest absolute Gasteiger partial charge is 0.454 e. The first-order valence-electron chi connectivity index (χ1n) is 13.5. The molecule has 8 heteroatoms. The second-order valence-electron chi connectivity index (χ2n) is 10.3. The topological polar surface area (TPSA) is 82.6 Å². The Labute approximate surface area is 241 Å². The number of benzene rings is 2. The lowest BCUT2D eigenvalue weighted by Crippen LogP contribution is -2.48. The third-order valence-corrected chi connectivity index (χ3v) is 7.79. The van der Waals surface area contributed by atoms with Crippen molar-refractivity contribution in [3.05, 3.63) is 77.5 Å². The van der Waals surface area contributed by atoms with Crippen LogP contribution in [-0.2, 0) is 10.3 Å². The van der Waals surface area contributed by atoms with Crippen molar-refractivity contribution in [3.8, 4) is 28.5 Å². The maximum Gasteiger partial charge on any atom is 0.253 e. The zero-order valence-corrected chi connectivity index (χ0v) is 24.3. The summed E-state index contributed by atoms with van der Waals surface area (Å²) in [6, 6.07) is 19.8. The number of morpholine rings is 1. The fourth-order valence-electron chi connectivity index (χ4n) is 5.41. The van der Waals surface area contributed by atoms with Gasteiger partial charge in [0.2, 0.25) is 0 Å². The van der Waals surface area contributed by atoms with Gasteiger partial charge in [-0.1, -0.05) is 24.3 Å². The molecule has 1 fully saturated rings. The highest BCUT2D eigenvalue weighted by Crippen LogP contribution is 2.37. The molecule has 1 aliphatic heterocycles. The molecule has 3 heterocycles. The minimum Gasteiger partial charge on any atom is -0.454 e. The molecule has 1 aliphatic rings. The van der Waals surface area contributed by atoms with Gasteiger partial charge in [0, 0.05) is 60.7 Å². The lowest BCUT2D eigenvalue weighted by atomic mass is 9.86. The molecule has 1 saturated heterocycles. The van der Waals surface area contributed by atoms with Crippen LogP contribution in [0.1, 0.15) is 49.2 Å². The Morgan fingerprint density at radius 2 is 1.70 bits per heavy atom. The summed E-state index contributed by atoms with van der Waals surface area (Å²) < 4.78 is 11.9. The fourth-order valence-corrected chi connectivity index (χ4v) is 5.41. The van der Waals surface area contributed by atoms with Crippen LogP contribution in [-0.4, -0.2) is 60.1 Å². The van der Waals surface area contributed by atoms with E-state index in [1.807, 2.05) is 56.3 Å². The number of fused-ring (bicyclic) bond motifs is 1. The molecule has 0 N–H and O–H groups in total. The first-order valence-corrected chi connectivity index (χ1v) is 13.5. The van der Waals surface area contributed by atoms with Crippen molar-refractivity contribution in [2.24, 2.45) is 0 Å². The molecular weight excluding hydrogens is 524 g/mol. The molecule has 40 heavy (non-hydrogen) atoms. The number of ether oxygens (including phenoxy) is 1. The highest BCUT2D eigenvalue weighted by Gasteiger charge is 2.32. The van der Waals surface area contributed by atoms with E-state index in [1.54, 1.807) is 11.1 Å². The van der Waals surface area contributed by atoms with Crippen molar-refractivity contribution < 1.29 is 13.9 Å². The van der Waals surface area contributed by atoms with Crippen LogP contribution in [0.25, 0.3) is 33.6 Å². The van der Waals surface area contributed by atoms with Crippen molar-refractivity contribution in [2.75, 3.05) is 39.4 Å². The highest BCUT2D eigenvalue weighted by molar-refractivity contribution is 5.95. The van der Waals surface area contributed by atoms with Crippen molar-refractivity contribution >= 4 is 29.4 Å². The molecule has 7 nitrogen and oxygen atoms in total. The van der Waals surface area contributed by atoms with Crippen LogP contribution >= 0.6 is 12.4 Å². The van der Waals surface area contributed by atoms with Crippen molar-refractivity contribution in [3.63, 3.8) is 0 Å². The maximum absolute atomic E-state index is 12.7. The van der Waals surface area contributed by atoms with E-state index in [9.17, 15) is 10.1 Å². The molecule has 1 amide bonds. The van der Waals surface area contributed by atoms with Gasteiger partial charge in [0.1, 0.15) is 11.3 Å². The van der Waals surface area contributed by atoms with Crippen LogP contribution in [0.3, 0.4) is 0 Å². The smallest absolute Gasteiger partial charge is 0.253 e. The SMILES string of the molecule is CCN(CC)C(=O)c1ccc(-c2cc3nccc(-c4ccc(C(C)(C)N5CCOCC5)c(C#N)c4)c3o2)cc1.Cl. The molecule has 0 radical (unpaired) electrons. The van der Waals surface area contributed by atoms with Gasteiger partial charge in [0.05, 0.1) is 24.8 Å². The Kier molecular flexibility index (Phi) is 8.95. The van der Waals surface area contributed by atoms with Gasteiger partial charge in [-0.3, -0.25) is 14.7 Å². The van der Waals surface area contributed by atoms with E-state index in [2.05, 4.69) is 41.9 Å². The Bertz CT molecular complexity index is 1530. The van der Waals surface area contributed by atoms with Gasteiger partial charge < -0.3 is 14.1 Å². The monoisotopic (exact) mass is 558 g/mol. The number of carbonyl (C=O) groups excluding carboxylic acids is 1. The molecule has 208 valence electrons. The van der Waals surface area contributed by atoms with E-state index in [4.69, 9.17) is 9.15 Å².